The topological polar surface area (TPSA) is 50.2 Å². The van der Waals surface area contributed by atoms with Crippen LogP contribution in [0.1, 0.15) is 17.4 Å². The number of aromatic nitrogens is 2. The molecule has 0 radical (unpaired) electrons. The number of carbonyl (C=O) groups excluding carboxylic acids is 1. The zero-order valence-electron chi connectivity index (χ0n) is 8.11. The van der Waals surface area contributed by atoms with Gasteiger partial charge in [0, 0.05) is 26.8 Å². The number of carbonyl (C=O) groups is 1. The maximum absolute atomic E-state index is 11.5. The van der Waals surface area contributed by atoms with Crippen molar-refractivity contribution in [1.29, 1.82) is 0 Å². The second-order valence-corrected chi connectivity index (χ2v) is 2.80. The summed E-state index contributed by atoms with van der Waals surface area (Å²) in [5.74, 6) is -0.135. The summed E-state index contributed by atoms with van der Waals surface area (Å²) in [6.45, 7) is 2.73. The van der Waals surface area contributed by atoms with Crippen LogP contribution in [0.15, 0.2) is 12.3 Å². The third kappa shape index (κ3) is 2.29. The Kier molecular flexibility index (Phi) is 3.02. The second-order valence-electron chi connectivity index (χ2n) is 2.80. The van der Waals surface area contributed by atoms with Gasteiger partial charge >= 0.3 is 0 Å². The third-order valence-electron chi connectivity index (χ3n) is 1.82. The van der Waals surface area contributed by atoms with E-state index in [2.05, 4.69) is 10.5 Å². The molecule has 0 aliphatic rings. The molecule has 5 nitrogen and oxygen atoms in total. The van der Waals surface area contributed by atoms with E-state index in [1.807, 2.05) is 14.0 Å². The summed E-state index contributed by atoms with van der Waals surface area (Å²) in [7, 11) is 3.55. The summed E-state index contributed by atoms with van der Waals surface area (Å²) in [5.41, 5.74) is 3.26. The fourth-order valence-corrected chi connectivity index (χ4v) is 0.906. The van der Waals surface area contributed by atoms with Crippen molar-refractivity contribution >= 4 is 5.91 Å². The van der Waals surface area contributed by atoms with Crippen molar-refractivity contribution in [2.24, 2.45) is 7.05 Å². The Morgan fingerprint density at radius 1 is 1.77 bits per heavy atom. The van der Waals surface area contributed by atoms with E-state index < -0.39 is 0 Å². The molecule has 1 heterocycles. The molecule has 0 spiro atoms. The average Bonchev–Trinajstić information content (AvgIpc) is 2.51. The van der Waals surface area contributed by atoms with Gasteiger partial charge in [-0.1, -0.05) is 6.92 Å². The molecular formula is C8H14N4O. The molecule has 1 aromatic heterocycles. The monoisotopic (exact) mass is 182 g/mol. The molecule has 1 aromatic rings. The van der Waals surface area contributed by atoms with Crippen LogP contribution in [-0.4, -0.2) is 34.3 Å². The van der Waals surface area contributed by atoms with Crippen LogP contribution in [0.4, 0.5) is 0 Å². The van der Waals surface area contributed by atoms with E-state index in [9.17, 15) is 4.79 Å². The van der Waals surface area contributed by atoms with Crippen LogP contribution in [0.5, 0.6) is 0 Å². The highest BCUT2D eigenvalue weighted by atomic mass is 16.2. The number of aryl methyl sites for hydroxylation is 1. The van der Waals surface area contributed by atoms with Crippen molar-refractivity contribution in [1.82, 2.24) is 20.2 Å². The van der Waals surface area contributed by atoms with Gasteiger partial charge in [-0.15, -0.1) is 0 Å². The minimum absolute atomic E-state index is 0.135. The van der Waals surface area contributed by atoms with Crippen LogP contribution in [0.2, 0.25) is 0 Å². The molecule has 0 aliphatic heterocycles. The van der Waals surface area contributed by atoms with E-state index in [4.69, 9.17) is 0 Å². The molecule has 0 saturated heterocycles. The van der Waals surface area contributed by atoms with Crippen LogP contribution in [0.3, 0.4) is 0 Å². The lowest BCUT2D eigenvalue weighted by Crippen LogP contribution is -2.39. The van der Waals surface area contributed by atoms with Crippen LogP contribution in [0.25, 0.3) is 0 Å². The Morgan fingerprint density at radius 3 is 2.92 bits per heavy atom. The highest BCUT2D eigenvalue weighted by Gasteiger charge is 2.09. The van der Waals surface area contributed by atoms with E-state index in [0.29, 0.717) is 5.69 Å². The third-order valence-corrected chi connectivity index (χ3v) is 1.82. The maximum atomic E-state index is 11.5. The Balaban J connectivity index is 2.64. The van der Waals surface area contributed by atoms with Crippen LogP contribution in [-0.2, 0) is 7.05 Å². The van der Waals surface area contributed by atoms with Crippen LogP contribution in [0, 0.1) is 0 Å². The van der Waals surface area contributed by atoms with Gasteiger partial charge in [-0.2, -0.15) is 5.10 Å². The van der Waals surface area contributed by atoms with Crippen molar-refractivity contribution in [3.05, 3.63) is 18.0 Å². The Morgan fingerprint density at radius 2 is 2.46 bits per heavy atom. The summed E-state index contributed by atoms with van der Waals surface area (Å²) >= 11 is 0. The van der Waals surface area contributed by atoms with Gasteiger partial charge in [0.05, 0.1) is 0 Å². The van der Waals surface area contributed by atoms with Crippen LogP contribution < -0.4 is 5.43 Å². The van der Waals surface area contributed by atoms with Gasteiger partial charge in [-0.05, 0) is 6.07 Å². The molecule has 72 valence electrons. The second kappa shape index (κ2) is 4.04. The molecule has 0 aromatic carbocycles. The predicted molar refractivity (Wildman–Crippen MR) is 49.0 cm³/mol. The highest BCUT2D eigenvalue weighted by Crippen LogP contribution is 1.95. The predicted octanol–water partition coefficient (Wildman–Crippen LogP) is 0.0166. The normalized spacial score (nSPS) is 10.5. The van der Waals surface area contributed by atoms with Gasteiger partial charge in [0.1, 0.15) is 5.69 Å². The summed E-state index contributed by atoms with van der Waals surface area (Å²) in [4.78, 5) is 11.5. The number of nitrogens with zero attached hydrogens (tertiary/aromatic N) is 3. The van der Waals surface area contributed by atoms with Gasteiger partial charge in [0.2, 0.25) is 0 Å². The lowest BCUT2D eigenvalue weighted by Gasteiger charge is -2.15. The average molecular weight is 182 g/mol. The standard InChI is InChI=1S/C8H14N4O/c1-4-11(2)10-8(13)7-5-6-9-12(7)3/h5-6H,4H2,1-3H3,(H,10,13). The summed E-state index contributed by atoms with van der Waals surface area (Å²) in [6, 6.07) is 1.68. The molecule has 1 N–H and O–H groups in total. The molecule has 0 saturated carbocycles. The Hall–Kier alpha value is -1.36. The first-order valence-electron chi connectivity index (χ1n) is 4.15. The minimum Gasteiger partial charge on any atom is -0.284 e. The van der Waals surface area contributed by atoms with E-state index in [0.717, 1.165) is 6.54 Å². The minimum atomic E-state index is -0.135. The molecule has 1 rings (SSSR count). The van der Waals surface area contributed by atoms with Crippen LogP contribution >= 0.6 is 0 Å². The van der Waals surface area contributed by atoms with Crippen molar-refractivity contribution in [2.75, 3.05) is 13.6 Å². The Bertz CT molecular complexity index is 294. The first-order chi connectivity index (χ1) is 6.15. The molecule has 5 heteroatoms. The van der Waals surface area contributed by atoms with Gasteiger partial charge in [-0.25, -0.2) is 5.01 Å². The zero-order chi connectivity index (χ0) is 9.84. The highest BCUT2D eigenvalue weighted by molar-refractivity contribution is 5.91. The van der Waals surface area contributed by atoms with Gasteiger partial charge in [-0.3, -0.25) is 14.9 Å². The number of hydrazine groups is 1. The van der Waals surface area contributed by atoms with Gasteiger partial charge < -0.3 is 0 Å². The molecule has 1 amide bonds. The molecule has 0 atom stereocenters. The first kappa shape index (κ1) is 9.73. The summed E-state index contributed by atoms with van der Waals surface area (Å²) in [5, 5.41) is 5.63. The van der Waals surface area contributed by atoms with Gasteiger partial charge in [0.15, 0.2) is 0 Å². The van der Waals surface area contributed by atoms with Gasteiger partial charge in [0.25, 0.3) is 5.91 Å². The van der Waals surface area contributed by atoms with Crippen molar-refractivity contribution in [3.63, 3.8) is 0 Å². The first-order valence-corrected chi connectivity index (χ1v) is 4.15. The lowest BCUT2D eigenvalue weighted by molar-refractivity contribution is 0.0825. The largest absolute Gasteiger partial charge is 0.284 e. The number of rotatable bonds is 3. The summed E-state index contributed by atoms with van der Waals surface area (Å²) < 4.78 is 1.54. The quantitative estimate of drug-likeness (QED) is 0.670. The molecule has 0 aliphatic carbocycles. The fraction of sp³-hybridized carbons (Fsp3) is 0.500. The van der Waals surface area contributed by atoms with Crippen molar-refractivity contribution in [2.45, 2.75) is 6.92 Å². The SMILES string of the molecule is CCN(C)NC(=O)c1ccnn1C. The molecule has 13 heavy (non-hydrogen) atoms. The van der Waals surface area contributed by atoms with Crippen molar-refractivity contribution < 1.29 is 4.79 Å². The molecule has 0 fully saturated rings. The summed E-state index contributed by atoms with van der Waals surface area (Å²) in [6.07, 6.45) is 1.60. The fourth-order valence-electron chi connectivity index (χ4n) is 0.906. The molecule has 0 unspecified atom stereocenters. The molecule has 0 bridgehead atoms. The van der Waals surface area contributed by atoms with E-state index >= 15 is 0 Å². The smallest absolute Gasteiger partial charge is 0.283 e. The number of amides is 1. The zero-order valence-corrected chi connectivity index (χ0v) is 8.11. The number of nitrogens with one attached hydrogen (secondary N) is 1. The number of hydrogen-bond acceptors (Lipinski definition) is 3. The lowest BCUT2D eigenvalue weighted by atomic mass is 10.4. The Labute approximate surface area is 77.3 Å². The van der Waals surface area contributed by atoms with E-state index in [1.165, 1.54) is 0 Å². The van der Waals surface area contributed by atoms with E-state index in [-0.39, 0.29) is 5.91 Å². The molecular weight excluding hydrogens is 168 g/mol. The number of hydrogen-bond donors (Lipinski definition) is 1. The van der Waals surface area contributed by atoms with Crippen molar-refractivity contribution in [3.8, 4) is 0 Å². The maximum Gasteiger partial charge on any atom is 0.283 e. The van der Waals surface area contributed by atoms with E-state index in [1.54, 1.807) is 29.0 Å².